The fourth-order valence-corrected chi connectivity index (χ4v) is 3.47. The van der Waals surface area contributed by atoms with E-state index in [1.165, 1.54) is 17.5 Å². The summed E-state index contributed by atoms with van der Waals surface area (Å²) in [6.07, 6.45) is 3.38. The maximum Gasteiger partial charge on any atom is 0.223 e. The minimum atomic E-state index is 0. The van der Waals surface area contributed by atoms with Gasteiger partial charge in [-0.15, -0.1) is 12.4 Å². The molecule has 1 aromatic rings. The summed E-state index contributed by atoms with van der Waals surface area (Å²) in [6, 6.07) is 8.83. The van der Waals surface area contributed by atoms with Crippen LogP contribution in [-0.2, 0) is 4.79 Å². The van der Waals surface area contributed by atoms with Crippen molar-refractivity contribution in [1.82, 2.24) is 10.6 Å². The molecule has 1 heterocycles. The molecule has 0 bridgehead atoms. The second kappa shape index (κ2) is 8.16. The van der Waals surface area contributed by atoms with Crippen molar-refractivity contribution in [2.75, 3.05) is 19.6 Å². The number of carbonyl (C=O) groups is 1. The van der Waals surface area contributed by atoms with E-state index in [-0.39, 0.29) is 24.2 Å². The summed E-state index contributed by atoms with van der Waals surface area (Å²) < 4.78 is 0. The number of carbonyl (C=O) groups excluding carboxylic acids is 1. The zero-order valence-corrected chi connectivity index (χ0v) is 15.0. The van der Waals surface area contributed by atoms with E-state index in [0.29, 0.717) is 11.8 Å². The lowest BCUT2D eigenvalue weighted by molar-refractivity contribution is -0.122. The highest BCUT2D eigenvalue weighted by molar-refractivity contribution is 5.85. The Morgan fingerprint density at radius 3 is 2.65 bits per heavy atom. The van der Waals surface area contributed by atoms with Crippen LogP contribution in [0.5, 0.6) is 0 Å². The van der Waals surface area contributed by atoms with Gasteiger partial charge in [0.15, 0.2) is 0 Å². The fraction of sp³-hybridized carbons (Fsp3) is 0.632. The van der Waals surface area contributed by atoms with Crippen LogP contribution in [0.2, 0.25) is 0 Å². The molecule has 3 nitrogen and oxygen atoms in total. The Hall–Kier alpha value is -1.06. The summed E-state index contributed by atoms with van der Waals surface area (Å²) >= 11 is 0. The topological polar surface area (TPSA) is 41.1 Å². The van der Waals surface area contributed by atoms with Crippen molar-refractivity contribution in [2.45, 2.75) is 44.9 Å². The van der Waals surface area contributed by atoms with Gasteiger partial charge < -0.3 is 10.6 Å². The highest BCUT2D eigenvalue weighted by Gasteiger charge is 2.43. The molecule has 3 rings (SSSR count). The quantitative estimate of drug-likeness (QED) is 0.835. The van der Waals surface area contributed by atoms with Crippen LogP contribution in [0.4, 0.5) is 0 Å². The van der Waals surface area contributed by atoms with Gasteiger partial charge >= 0.3 is 0 Å². The molecule has 23 heavy (non-hydrogen) atoms. The Kier molecular flexibility index (Phi) is 6.49. The van der Waals surface area contributed by atoms with E-state index in [2.05, 4.69) is 48.7 Å². The summed E-state index contributed by atoms with van der Waals surface area (Å²) in [4.78, 5) is 12.2. The minimum absolute atomic E-state index is 0. The van der Waals surface area contributed by atoms with E-state index >= 15 is 0 Å². The molecule has 1 aromatic carbocycles. The highest BCUT2D eigenvalue weighted by atomic mass is 35.5. The Bertz CT molecular complexity index is 509. The van der Waals surface area contributed by atoms with Crippen molar-refractivity contribution in [3.63, 3.8) is 0 Å². The average Bonchev–Trinajstić information content (AvgIpc) is 3.16. The molecular formula is C19H29ClN2O. The molecule has 4 heteroatoms. The van der Waals surface area contributed by atoms with Gasteiger partial charge in [0.05, 0.1) is 0 Å². The molecule has 128 valence electrons. The molecule has 2 fully saturated rings. The lowest BCUT2D eigenvalue weighted by atomic mass is 10.00. The predicted octanol–water partition coefficient (Wildman–Crippen LogP) is 3.45. The number of benzene rings is 1. The van der Waals surface area contributed by atoms with E-state index < -0.39 is 0 Å². The van der Waals surface area contributed by atoms with Crippen molar-refractivity contribution < 1.29 is 4.79 Å². The van der Waals surface area contributed by atoms with Crippen molar-refractivity contribution in [1.29, 1.82) is 0 Å². The minimum Gasteiger partial charge on any atom is -0.356 e. The summed E-state index contributed by atoms with van der Waals surface area (Å²) in [6.45, 7) is 7.50. The van der Waals surface area contributed by atoms with Gasteiger partial charge in [0.2, 0.25) is 5.91 Å². The molecule has 1 aliphatic carbocycles. The molecule has 3 atom stereocenters. The van der Waals surface area contributed by atoms with Crippen LogP contribution in [-0.4, -0.2) is 25.5 Å². The fourth-order valence-electron chi connectivity index (χ4n) is 3.47. The van der Waals surface area contributed by atoms with Crippen LogP contribution >= 0.6 is 12.4 Å². The summed E-state index contributed by atoms with van der Waals surface area (Å²) in [7, 11) is 0. The number of halogens is 1. The van der Waals surface area contributed by atoms with Gasteiger partial charge in [0.25, 0.3) is 0 Å². The molecule has 1 saturated heterocycles. The predicted molar refractivity (Wildman–Crippen MR) is 97.2 cm³/mol. The zero-order chi connectivity index (χ0) is 15.5. The first-order valence-electron chi connectivity index (χ1n) is 8.73. The number of nitrogens with one attached hydrogen (secondary N) is 2. The maximum absolute atomic E-state index is 12.2. The monoisotopic (exact) mass is 336 g/mol. The summed E-state index contributed by atoms with van der Waals surface area (Å²) in [5.41, 5.74) is 2.69. The van der Waals surface area contributed by atoms with Gasteiger partial charge in [0, 0.05) is 12.5 Å². The summed E-state index contributed by atoms with van der Waals surface area (Å²) in [5, 5.41) is 6.51. The third kappa shape index (κ3) is 4.71. The van der Waals surface area contributed by atoms with Crippen molar-refractivity contribution >= 4 is 18.3 Å². The number of rotatable bonds is 6. The molecule has 2 N–H and O–H groups in total. The van der Waals surface area contributed by atoms with Gasteiger partial charge in [0.1, 0.15) is 0 Å². The largest absolute Gasteiger partial charge is 0.356 e. The highest BCUT2D eigenvalue weighted by Crippen LogP contribution is 2.47. The lowest BCUT2D eigenvalue weighted by Gasteiger charge is -2.09. The van der Waals surface area contributed by atoms with E-state index in [1.54, 1.807) is 0 Å². The molecular weight excluding hydrogens is 308 g/mol. The number of hydrogen-bond acceptors (Lipinski definition) is 2. The Labute approximate surface area is 146 Å². The van der Waals surface area contributed by atoms with Gasteiger partial charge in [-0.05, 0) is 61.2 Å². The molecule has 0 aromatic heterocycles. The third-order valence-corrected chi connectivity index (χ3v) is 5.17. The van der Waals surface area contributed by atoms with E-state index in [0.717, 1.165) is 38.4 Å². The van der Waals surface area contributed by atoms with Crippen LogP contribution in [0.25, 0.3) is 0 Å². The van der Waals surface area contributed by atoms with Crippen LogP contribution in [0.3, 0.4) is 0 Å². The zero-order valence-electron chi connectivity index (χ0n) is 14.2. The van der Waals surface area contributed by atoms with Crippen LogP contribution < -0.4 is 10.6 Å². The molecule has 1 saturated carbocycles. The first kappa shape index (κ1) is 18.3. The standard InChI is InChI=1S/C19H28N2O.ClH/c1-13(2)15-3-5-16(6-4-15)17-11-18(17)19(22)21-10-8-14-7-9-20-12-14;/h3-6,13-14,17-18,20H,7-12H2,1-2H3,(H,21,22);1H. The smallest absolute Gasteiger partial charge is 0.223 e. The van der Waals surface area contributed by atoms with Crippen molar-refractivity contribution in [3.05, 3.63) is 35.4 Å². The third-order valence-electron chi connectivity index (χ3n) is 5.17. The van der Waals surface area contributed by atoms with Gasteiger partial charge in [-0.25, -0.2) is 0 Å². The second-order valence-electron chi connectivity index (χ2n) is 7.21. The van der Waals surface area contributed by atoms with E-state index in [9.17, 15) is 4.79 Å². The number of amides is 1. The first-order valence-corrected chi connectivity index (χ1v) is 8.73. The maximum atomic E-state index is 12.2. The van der Waals surface area contributed by atoms with Crippen molar-refractivity contribution in [2.24, 2.45) is 11.8 Å². The summed E-state index contributed by atoms with van der Waals surface area (Å²) in [5.74, 6) is 2.21. The molecule has 0 radical (unpaired) electrons. The van der Waals surface area contributed by atoms with E-state index in [4.69, 9.17) is 0 Å². The Morgan fingerprint density at radius 2 is 2.04 bits per heavy atom. The van der Waals surface area contributed by atoms with Crippen LogP contribution in [0.15, 0.2) is 24.3 Å². The van der Waals surface area contributed by atoms with Gasteiger partial charge in [-0.3, -0.25) is 4.79 Å². The molecule has 0 spiro atoms. The van der Waals surface area contributed by atoms with E-state index in [1.807, 2.05) is 0 Å². The molecule has 1 aliphatic heterocycles. The van der Waals surface area contributed by atoms with Crippen LogP contribution in [0.1, 0.15) is 56.1 Å². The normalized spacial score (nSPS) is 26.0. The molecule has 1 amide bonds. The Balaban J connectivity index is 0.00000192. The van der Waals surface area contributed by atoms with Gasteiger partial charge in [-0.1, -0.05) is 38.1 Å². The van der Waals surface area contributed by atoms with Crippen molar-refractivity contribution in [3.8, 4) is 0 Å². The Morgan fingerprint density at radius 1 is 1.30 bits per heavy atom. The first-order chi connectivity index (χ1) is 10.6. The number of hydrogen-bond donors (Lipinski definition) is 2. The molecule has 3 unspecified atom stereocenters. The second-order valence-corrected chi connectivity index (χ2v) is 7.21. The average molecular weight is 337 g/mol. The molecule has 2 aliphatic rings. The van der Waals surface area contributed by atoms with Gasteiger partial charge in [-0.2, -0.15) is 0 Å². The van der Waals surface area contributed by atoms with Crippen LogP contribution in [0, 0.1) is 11.8 Å². The SMILES string of the molecule is CC(C)c1ccc(C2CC2C(=O)NCCC2CCNC2)cc1.Cl. The lowest BCUT2D eigenvalue weighted by Crippen LogP contribution is -2.28.